The number of aromatic nitrogens is 3. The molecule has 4 rings (SSSR count). The van der Waals surface area contributed by atoms with E-state index in [0.717, 1.165) is 0 Å². The maximum Gasteiger partial charge on any atom is 0.459 e. The predicted molar refractivity (Wildman–Crippen MR) is 155 cm³/mol. The Morgan fingerprint density at radius 3 is 2.57 bits per heavy atom. The Balaban J connectivity index is 1.73. The lowest BCUT2D eigenvalue weighted by Crippen LogP contribution is -2.54. The van der Waals surface area contributed by atoms with Crippen molar-refractivity contribution < 1.29 is 42.5 Å². The molecular weight excluding hydrogens is 595 g/mol. The molecule has 1 saturated heterocycles. The van der Waals surface area contributed by atoms with Crippen LogP contribution in [0.2, 0.25) is 0 Å². The van der Waals surface area contributed by atoms with Crippen molar-refractivity contribution in [2.45, 2.75) is 64.1 Å². The average Bonchev–Trinajstić information content (AvgIpc) is 3.50. The van der Waals surface area contributed by atoms with Crippen LogP contribution in [-0.2, 0) is 38.5 Å². The normalized spacial score (nSPS) is 25.2. The van der Waals surface area contributed by atoms with Crippen LogP contribution in [0.25, 0.3) is 5.52 Å². The molecule has 0 aliphatic carbocycles. The summed E-state index contributed by atoms with van der Waals surface area (Å²) in [7, 11) is -4.38. The van der Waals surface area contributed by atoms with Crippen molar-refractivity contribution in [3.8, 4) is 11.8 Å². The Labute approximate surface area is 253 Å². The number of hydrogen-bond donors (Lipinski definition) is 3. The van der Waals surface area contributed by atoms with Gasteiger partial charge in [0.15, 0.2) is 11.9 Å². The highest BCUT2D eigenvalue weighted by molar-refractivity contribution is 7.52. The van der Waals surface area contributed by atoms with Crippen LogP contribution in [0.3, 0.4) is 0 Å². The second kappa shape index (κ2) is 12.9. The summed E-state index contributed by atoms with van der Waals surface area (Å²) in [6, 6.07) is 12.0. The zero-order valence-corrected chi connectivity index (χ0v) is 25.8. The second-order valence-corrected chi connectivity index (χ2v) is 12.3. The number of carbonyl (C=O) groups excluding carboxylic acids is 2. The fourth-order valence-electron chi connectivity index (χ4n) is 4.72. The molecule has 3 heterocycles. The fraction of sp³-hybridized carbons (Fsp3) is 0.464. The van der Waals surface area contributed by atoms with E-state index in [1.165, 1.54) is 42.9 Å². The molecule has 6 atom stereocenters. The van der Waals surface area contributed by atoms with Crippen LogP contribution in [-0.4, -0.2) is 68.7 Å². The van der Waals surface area contributed by atoms with E-state index in [0.29, 0.717) is 5.52 Å². The summed E-state index contributed by atoms with van der Waals surface area (Å²) < 4.78 is 43.7. The molecule has 1 fully saturated rings. The minimum atomic E-state index is -4.38. The highest BCUT2D eigenvalue weighted by Gasteiger charge is 2.67. The number of para-hydroxylation sites is 1. The Morgan fingerprint density at radius 2 is 1.93 bits per heavy atom. The lowest BCUT2D eigenvalue weighted by Gasteiger charge is -2.34. The highest BCUT2D eigenvalue weighted by atomic mass is 31.2. The third-order valence-electron chi connectivity index (χ3n) is 7.02. The van der Waals surface area contributed by atoms with E-state index in [9.17, 15) is 24.5 Å². The summed E-state index contributed by atoms with van der Waals surface area (Å²) in [5, 5.41) is 29.2. The number of hydrogen-bond acceptors (Lipinski definition) is 13. The molecule has 0 amide bonds. The minimum Gasteiger partial charge on any atom is -0.465 e. The number of aliphatic hydroxyl groups is 1. The SMILES string of the molecule is CCOC(=O)[C@H](C)N[P@@](=O)(OC[C@H]1O[C@@](C#N)(c2ccc3c(N)ncnn23)[C@](C)(O)[C@@H]1OC(=O)C(C)C)Oc1ccccc1. The highest BCUT2D eigenvalue weighted by Crippen LogP contribution is 2.51. The molecule has 3 aromatic rings. The number of rotatable bonds is 12. The van der Waals surface area contributed by atoms with E-state index in [1.807, 2.05) is 6.07 Å². The number of nitrogens with zero attached hydrogens (tertiary/aromatic N) is 4. The molecule has 44 heavy (non-hydrogen) atoms. The molecule has 236 valence electrons. The number of esters is 2. The first-order valence-corrected chi connectivity index (χ1v) is 15.4. The van der Waals surface area contributed by atoms with Gasteiger partial charge in [-0.05, 0) is 45.0 Å². The maximum atomic E-state index is 14.0. The van der Waals surface area contributed by atoms with E-state index in [2.05, 4.69) is 15.2 Å². The van der Waals surface area contributed by atoms with Gasteiger partial charge >= 0.3 is 19.7 Å². The van der Waals surface area contributed by atoms with Gasteiger partial charge in [0.2, 0.25) is 5.60 Å². The van der Waals surface area contributed by atoms with Gasteiger partial charge in [0.25, 0.3) is 0 Å². The number of nitrogen functional groups attached to an aromatic ring is 1. The van der Waals surface area contributed by atoms with Crippen LogP contribution in [0.15, 0.2) is 48.8 Å². The first-order chi connectivity index (χ1) is 20.8. The van der Waals surface area contributed by atoms with Crippen LogP contribution >= 0.6 is 7.75 Å². The zero-order valence-electron chi connectivity index (χ0n) is 24.9. The average molecular weight is 631 g/mol. The molecule has 0 saturated carbocycles. The monoisotopic (exact) mass is 630 g/mol. The number of nitrogens with one attached hydrogen (secondary N) is 1. The fourth-order valence-corrected chi connectivity index (χ4v) is 6.22. The van der Waals surface area contributed by atoms with Gasteiger partial charge in [-0.3, -0.25) is 14.1 Å². The number of benzene rings is 1. The summed E-state index contributed by atoms with van der Waals surface area (Å²) in [5.41, 5.74) is 2.00. The first-order valence-electron chi connectivity index (χ1n) is 13.8. The van der Waals surface area contributed by atoms with Gasteiger partial charge in [-0.2, -0.15) is 15.4 Å². The zero-order chi connectivity index (χ0) is 32.3. The minimum absolute atomic E-state index is 0.0694. The Hall–Kier alpha value is -4.06. The van der Waals surface area contributed by atoms with Gasteiger partial charge in [-0.15, -0.1) is 0 Å². The second-order valence-electron chi connectivity index (χ2n) is 10.6. The molecular formula is C28H35N6O9P. The van der Waals surface area contributed by atoms with Crippen LogP contribution in [0.4, 0.5) is 5.82 Å². The van der Waals surface area contributed by atoms with Crippen molar-refractivity contribution in [2.24, 2.45) is 5.92 Å². The van der Waals surface area contributed by atoms with Crippen molar-refractivity contribution in [1.82, 2.24) is 19.7 Å². The molecule has 0 spiro atoms. The van der Waals surface area contributed by atoms with Crippen LogP contribution in [0, 0.1) is 17.2 Å². The lowest BCUT2D eigenvalue weighted by molar-refractivity contribution is -0.168. The van der Waals surface area contributed by atoms with E-state index < -0.39 is 61.7 Å². The molecule has 1 aliphatic rings. The van der Waals surface area contributed by atoms with Crippen molar-refractivity contribution >= 4 is 31.0 Å². The quantitative estimate of drug-likeness (QED) is 0.194. The maximum absolute atomic E-state index is 14.0. The Kier molecular flexibility index (Phi) is 9.62. The summed E-state index contributed by atoms with van der Waals surface area (Å²) in [6.45, 7) is 6.97. The molecule has 16 heteroatoms. The summed E-state index contributed by atoms with van der Waals surface area (Å²) >= 11 is 0. The van der Waals surface area contributed by atoms with Gasteiger partial charge in [-0.25, -0.2) is 14.1 Å². The number of nitriles is 1. The van der Waals surface area contributed by atoms with Gasteiger partial charge < -0.3 is 29.6 Å². The van der Waals surface area contributed by atoms with Gasteiger partial charge in [0.1, 0.15) is 41.4 Å². The molecule has 1 aromatic carbocycles. The number of anilines is 1. The van der Waals surface area contributed by atoms with E-state index in [-0.39, 0.29) is 23.9 Å². The topological polar surface area (TPSA) is 210 Å². The summed E-state index contributed by atoms with van der Waals surface area (Å²) in [4.78, 5) is 29.1. The smallest absolute Gasteiger partial charge is 0.459 e. The molecule has 0 unspecified atom stereocenters. The van der Waals surface area contributed by atoms with Crippen LogP contribution in [0.1, 0.15) is 40.3 Å². The molecule has 0 radical (unpaired) electrons. The molecule has 15 nitrogen and oxygen atoms in total. The number of ether oxygens (including phenoxy) is 3. The lowest BCUT2D eigenvalue weighted by atomic mass is 9.80. The van der Waals surface area contributed by atoms with Gasteiger partial charge in [-0.1, -0.05) is 32.0 Å². The van der Waals surface area contributed by atoms with Crippen molar-refractivity contribution in [3.63, 3.8) is 0 Å². The van der Waals surface area contributed by atoms with Gasteiger partial charge in [0, 0.05) is 0 Å². The number of nitrogens with two attached hydrogens (primary N) is 1. The summed E-state index contributed by atoms with van der Waals surface area (Å²) in [5.74, 6) is -1.74. The Morgan fingerprint density at radius 1 is 1.23 bits per heavy atom. The largest absolute Gasteiger partial charge is 0.465 e. The van der Waals surface area contributed by atoms with Crippen molar-refractivity contribution in [1.29, 1.82) is 5.26 Å². The molecule has 2 aromatic heterocycles. The molecule has 4 N–H and O–H groups in total. The van der Waals surface area contributed by atoms with Crippen LogP contribution < -0.4 is 15.3 Å². The summed E-state index contributed by atoms with van der Waals surface area (Å²) in [6.07, 6.45) is -1.70. The number of carbonyl (C=O) groups is 2. The van der Waals surface area contributed by atoms with E-state index in [1.54, 1.807) is 45.0 Å². The Bertz CT molecular complexity index is 1590. The third kappa shape index (κ3) is 6.26. The third-order valence-corrected chi connectivity index (χ3v) is 8.66. The standard InChI is InChI=1S/C28H35N6O9P/c1-6-39-26(36)18(4)33-44(38,43-19-10-8-7-9-11-19)40-14-21-23(41-25(35)17(2)3)27(5,37)28(15-29,42-21)22-13-12-20-24(30)31-16-32-34(20)22/h7-13,16-18,21,23,37H,6,14H2,1-5H3,(H,33,38)(H2,30,31,32)/t18-,21+,23+,27+,28-,44+/m0/s1. The van der Waals surface area contributed by atoms with Crippen LogP contribution in [0.5, 0.6) is 5.75 Å². The molecule has 0 bridgehead atoms. The van der Waals surface area contributed by atoms with Crippen molar-refractivity contribution in [3.05, 3.63) is 54.5 Å². The van der Waals surface area contributed by atoms with Crippen molar-refractivity contribution in [2.75, 3.05) is 18.9 Å². The first kappa shape index (κ1) is 32.8. The molecule has 1 aliphatic heterocycles. The van der Waals surface area contributed by atoms with E-state index in [4.69, 9.17) is 29.0 Å². The predicted octanol–water partition coefficient (Wildman–Crippen LogP) is 2.49. The van der Waals surface area contributed by atoms with Gasteiger partial charge in [0.05, 0.1) is 24.8 Å². The van der Waals surface area contributed by atoms with E-state index >= 15 is 0 Å². The number of fused-ring (bicyclic) bond motifs is 1.